The van der Waals surface area contributed by atoms with Crippen LogP contribution in [0.2, 0.25) is 5.02 Å². The van der Waals surface area contributed by atoms with E-state index in [1.165, 1.54) is 16.7 Å². The van der Waals surface area contributed by atoms with Gasteiger partial charge in [-0.15, -0.1) is 0 Å². The van der Waals surface area contributed by atoms with E-state index in [9.17, 15) is 5.11 Å². The van der Waals surface area contributed by atoms with Gasteiger partial charge in [0.1, 0.15) is 0 Å². The molecule has 19 heavy (non-hydrogen) atoms. The van der Waals surface area contributed by atoms with Gasteiger partial charge in [0.15, 0.2) is 0 Å². The van der Waals surface area contributed by atoms with E-state index in [1.54, 1.807) is 0 Å². The summed E-state index contributed by atoms with van der Waals surface area (Å²) in [6.45, 7) is 4.16. The van der Waals surface area contributed by atoms with E-state index in [4.69, 9.17) is 11.6 Å². The van der Waals surface area contributed by atoms with Crippen LogP contribution in [0, 0.1) is 17.4 Å². The molecule has 0 spiro atoms. The number of halogens is 2. The van der Waals surface area contributed by atoms with Crippen LogP contribution in [0.5, 0.6) is 0 Å². The molecule has 0 aromatic heterocycles. The third-order valence-corrected chi connectivity index (χ3v) is 4.94. The lowest BCUT2D eigenvalue weighted by atomic mass is 9.95. The van der Waals surface area contributed by atoms with E-state index < -0.39 is 6.10 Å². The molecule has 1 N–H and O–H groups in total. The van der Waals surface area contributed by atoms with Crippen molar-refractivity contribution in [1.82, 2.24) is 0 Å². The lowest BCUT2D eigenvalue weighted by Crippen LogP contribution is -2.05. The van der Waals surface area contributed by atoms with E-state index >= 15 is 0 Å². The maximum atomic E-state index is 10.4. The first kappa shape index (κ1) is 14.8. The van der Waals surface area contributed by atoms with Gasteiger partial charge in [-0.2, -0.15) is 0 Å². The largest absolute Gasteiger partial charge is 0.388 e. The molecule has 0 saturated heterocycles. The number of benzene rings is 2. The first-order valence-electron chi connectivity index (χ1n) is 6.17. The van der Waals surface area contributed by atoms with Crippen LogP contribution in [0.25, 0.3) is 0 Å². The third-order valence-electron chi connectivity index (χ3n) is 3.37. The summed E-state index contributed by atoms with van der Waals surface area (Å²) < 4.78 is 1.00. The Bertz CT molecular complexity index is 575. The molecule has 0 aliphatic carbocycles. The zero-order valence-corrected chi connectivity index (χ0v) is 13.9. The molecular weight excluding hydrogens is 371 g/mol. The standard InChI is InChI=1S/C16H16ClIO/c1-10-4-3-5-11(2)13(10)9-16(19)12-6-7-15(18)14(17)8-12/h3-8,16,19H,9H2,1-2H3. The van der Waals surface area contributed by atoms with Crippen molar-refractivity contribution in [3.8, 4) is 0 Å². The highest BCUT2D eigenvalue weighted by atomic mass is 127. The normalized spacial score (nSPS) is 12.5. The number of hydrogen-bond acceptors (Lipinski definition) is 1. The molecule has 3 heteroatoms. The Kier molecular flexibility index (Phi) is 4.87. The van der Waals surface area contributed by atoms with Crippen molar-refractivity contribution in [3.63, 3.8) is 0 Å². The molecule has 0 saturated carbocycles. The third kappa shape index (κ3) is 3.50. The van der Waals surface area contributed by atoms with Crippen LogP contribution in [-0.2, 0) is 6.42 Å². The van der Waals surface area contributed by atoms with Gasteiger partial charge >= 0.3 is 0 Å². The minimum atomic E-state index is -0.519. The Hall–Kier alpha value is -0.580. The number of aliphatic hydroxyl groups is 1. The quantitative estimate of drug-likeness (QED) is 0.749. The molecule has 0 bridgehead atoms. The van der Waals surface area contributed by atoms with Crippen LogP contribution in [0.3, 0.4) is 0 Å². The Balaban J connectivity index is 2.25. The van der Waals surface area contributed by atoms with Gasteiger partial charge in [-0.1, -0.05) is 35.9 Å². The van der Waals surface area contributed by atoms with Gasteiger partial charge in [-0.25, -0.2) is 0 Å². The second-order valence-electron chi connectivity index (χ2n) is 4.76. The second-order valence-corrected chi connectivity index (χ2v) is 6.33. The zero-order chi connectivity index (χ0) is 14.0. The Morgan fingerprint density at radius 1 is 1.16 bits per heavy atom. The maximum absolute atomic E-state index is 10.4. The molecule has 2 aromatic carbocycles. The molecule has 2 aromatic rings. The SMILES string of the molecule is Cc1cccc(C)c1CC(O)c1ccc(I)c(Cl)c1. The van der Waals surface area contributed by atoms with Crippen molar-refractivity contribution in [3.05, 3.63) is 67.2 Å². The summed E-state index contributed by atoms with van der Waals surface area (Å²) in [5.74, 6) is 0. The van der Waals surface area contributed by atoms with Crippen molar-refractivity contribution in [1.29, 1.82) is 0 Å². The van der Waals surface area contributed by atoms with Crippen LogP contribution in [0.4, 0.5) is 0 Å². The molecule has 0 heterocycles. The molecule has 100 valence electrons. The average molecular weight is 387 g/mol. The topological polar surface area (TPSA) is 20.2 Å². The molecule has 0 radical (unpaired) electrons. The van der Waals surface area contributed by atoms with Crippen LogP contribution in [0.15, 0.2) is 36.4 Å². The van der Waals surface area contributed by atoms with Crippen LogP contribution in [0.1, 0.15) is 28.4 Å². The van der Waals surface area contributed by atoms with Gasteiger partial charge in [0.05, 0.1) is 11.1 Å². The highest BCUT2D eigenvalue weighted by Crippen LogP contribution is 2.27. The smallest absolute Gasteiger partial charge is 0.0831 e. The number of aryl methyl sites for hydroxylation is 2. The predicted octanol–water partition coefficient (Wildman–Crippen LogP) is 4.84. The monoisotopic (exact) mass is 386 g/mol. The number of hydrogen-bond donors (Lipinski definition) is 1. The predicted molar refractivity (Wildman–Crippen MR) is 88.7 cm³/mol. The fourth-order valence-electron chi connectivity index (χ4n) is 2.20. The van der Waals surface area contributed by atoms with Crippen molar-refractivity contribution in [2.24, 2.45) is 0 Å². The summed E-state index contributed by atoms with van der Waals surface area (Å²) in [5.41, 5.74) is 4.52. The van der Waals surface area contributed by atoms with Crippen molar-refractivity contribution < 1.29 is 5.11 Å². The van der Waals surface area contributed by atoms with Crippen molar-refractivity contribution >= 4 is 34.2 Å². The maximum Gasteiger partial charge on any atom is 0.0831 e. The summed E-state index contributed by atoms with van der Waals surface area (Å²) >= 11 is 8.29. The molecule has 0 aliphatic rings. The minimum absolute atomic E-state index is 0.519. The van der Waals surface area contributed by atoms with Gasteiger partial charge in [0.25, 0.3) is 0 Å². The highest BCUT2D eigenvalue weighted by Gasteiger charge is 2.13. The lowest BCUT2D eigenvalue weighted by molar-refractivity contribution is 0.178. The lowest BCUT2D eigenvalue weighted by Gasteiger charge is -2.15. The number of aliphatic hydroxyl groups excluding tert-OH is 1. The first-order valence-corrected chi connectivity index (χ1v) is 7.63. The van der Waals surface area contributed by atoms with Gasteiger partial charge in [-0.05, 0) is 70.8 Å². The first-order chi connectivity index (χ1) is 8.99. The van der Waals surface area contributed by atoms with Gasteiger partial charge in [0.2, 0.25) is 0 Å². The Labute approximate surface area is 132 Å². The Morgan fingerprint density at radius 2 is 1.79 bits per heavy atom. The zero-order valence-electron chi connectivity index (χ0n) is 11.0. The molecule has 1 unspecified atom stereocenters. The number of rotatable bonds is 3. The van der Waals surface area contributed by atoms with E-state index in [-0.39, 0.29) is 0 Å². The molecule has 2 rings (SSSR count). The van der Waals surface area contributed by atoms with E-state index in [0.29, 0.717) is 11.4 Å². The molecule has 0 fully saturated rings. The summed E-state index contributed by atoms with van der Waals surface area (Å²) in [6.07, 6.45) is 0.101. The summed E-state index contributed by atoms with van der Waals surface area (Å²) in [7, 11) is 0. The average Bonchev–Trinajstić information content (AvgIpc) is 2.37. The molecule has 0 amide bonds. The van der Waals surface area contributed by atoms with Crippen LogP contribution < -0.4 is 0 Å². The van der Waals surface area contributed by atoms with Crippen LogP contribution in [-0.4, -0.2) is 5.11 Å². The molecule has 1 atom stereocenters. The molecular formula is C16H16ClIO. The van der Waals surface area contributed by atoms with Gasteiger partial charge in [0, 0.05) is 9.99 Å². The Morgan fingerprint density at radius 3 is 2.37 bits per heavy atom. The minimum Gasteiger partial charge on any atom is -0.388 e. The van der Waals surface area contributed by atoms with Crippen molar-refractivity contribution in [2.75, 3.05) is 0 Å². The summed E-state index contributed by atoms with van der Waals surface area (Å²) in [4.78, 5) is 0. The van der Waals surface area contributed by atoms with Gasteiger partial charge < -0.3 is 5.11 Å². The van der Waals surface area contributed by atoms with E-state index in [1.807, 2.05) is 24.3 Å². The second kappa shape index (κ2) is 6.25. The fourth-order valence-corrected chi connectivity index (χ4v) is 2.73. The van der Waals surface area contributed by atoms with E-state index in [2.05, 4.69) is 48.6 Å². The van der Waals surface area contributed by atoms with Crippen molar-refractivity contribution in [2.45, 2.75) is 26.4 Å². The van der Waals surface area contributed by atoms with Crippen LogP contribution >= 0.6 is 34.2 Å². The summed E-state index contributed by atoms with van der Waals surface area (Å²) in [6, 6.07) is 11.9. The highest BCUT2D eigenvalue weighted by molar-refractivity contribution is 14.1. The van der Waals surface area contributed by atoms with Gasteiger partial charge in [-0.3, -0.25) is 0 Å². The van der Waals surface area contributed by atoms with E-state index in [0.717, 1.165) is 9.13 Å². The fraction of sp³-hybridized carbons (Fsp3) is 0.250. The molecule has 0 aliphatic heterocycles. The summed E-state index contributed by atoms with van der Waals surface area (Å²) in [5, 5.41) is 11.1. The molecule has 1 nitrogen and oxygen atoms in total.